The van der Waals surface area contributed by atoms with Gasteiger partial charge in [-0.1, -0.05) is 12.1 Å². The van der Waals surface area contributed by atoms with Crippen molar-refractivity contribution in [3.63, 3.8) is 0 Å². The van der Waals surface area contributed by atoms with Crippen LogP contribution in [0.2, 0.25) is 0 Å². The average molecular weight is 817 g/mol. The van der Waals surface area contributed by atoms with Crippen LogP contribution < -0.4 is 0 Å². The van der Waals surface area contributed by atoms with E-state index in [9.17, 15) is 66.1 Å². The van der Waals surface area contributed by atoms with E-state index >= 15 is 0 Å². The van der Waals surface area contributed by atoms with E-state index in [0.717, 1.165) is 12.1 Å². The lowest BCUT2D eigenvalue weighted by Crippen LogP contribution is -2.65. The predicted octanol–water partition coefficient (Wildman–Crippen LogP) is -3.05. The standard InChI is InChI=1S/C36H48O21/c1-14-25(43)27(45)30(48)36(53-14)57-33-31(49)35(51-12-22(50-2)16-5-7-18(39)20(41)10-16)55-23(13-52-34-29(47)28(46)26(44)21(11-37)54-34)32(33)56-24(42)8-4-15-3-6-17(38)19(40)9-15/h3-10,14,21-23,25-41,43-49H,11-13H2,1-2H3/b8-4+/t14-,21+,22+,23+,25-,26+,27+,28-,29+,30+,31+,32+,33+,34+,35+,36-/m0/s1. The monoisotopic (exact) mass is 816 g/mol. The second-order valence-electron chi connectivity index (χ2n) is 13.6. The van der Waals surface area contributed by atoms with E-state index in [1.807, 2.05) is 0 Å². The molecule has 3 aliphatic heterocycles. The number of phenolic OH excluding ortho intramolecular Hbond substituents is 4. The van der Waals surface area contributed by atoms with Crippen molar-refractivity contribution in [1.29, 1.82) is 0 Å². The van der Waals surface area contributed by atoms with Crippen molar-refractivity contribution in [3.8, 4) is 23.0 Å². The van der Waals surface area contributed by atoms with Crippen molar-refractivity contribution in [2.75, 3.05) is 26.9 Å². The fourth-order valence-corrected chi connectivity index (χ4v) is 6.34. The normalized spacial score (nSPS) is 36.6. The molecule has 0 amide bonds. The first-order chi connectivity index (χ1) is 27.0. The van der Waals surface area contributed by atoms with E-state index in [-0.39, 0.29) is 5.56 Å². The van der Waals surface area contributed by atoms with Crippen LogP contribution in [-0.4, -0.2) is 186 Å². The lowest BCUT2D eigenvalue weighted by atomic mass is 9.96. The largest absolute Gasteiger partial charge is 0.504 e. The summed E-state index contributed by atoms with van der Waals surface area (Å²) >= 11 is 0. The third-order valence-electron chi connectivity index (χ3n) is 9.72. The van der Waals surface area contributed by atoms with Crippen LogP contribution in [0.25, 0.3) is 6.08 Å². The summed E-state index contributed by atoms with van der Waals surface area (Å²) in [6.45, 7) is -0.522. The van der Waals surface area contributed by atoms with Gasteiger partial charge >= 0.3 is 5.97 Å². The van der Waals surface area contributed by atoms with E-state index in [0.29, 0.717) is 5.56 Å². The van der Waals surface area contributed by atoms with Gasteiger partial charge in [0.25, 0.3) is 0 Å². The Kier molecular flexibility index (Phi) is 15.0. The molecule has 318 valence electrons. The molecule has 0 bridgehead atoms. The number of aromatic hydroxyl groups is 4. The molecule has 0 saturated carbocycles. The molecule has 0 unspecified atom stereocenters. The Morgan fingerprint density at radius 1 is 0.702 bits per heavy atom. The second kappa shape index (κ2) is 19.3. The lowest BCUT2D eigenvalue weighted by Gasteiger charge is -2.47. The van der Waals surface area contributed by atoms with Crippen molar-refractivity contribution in [2.24, 2.45) is 0 Å². The molecule has 57 heavy (non-hydrogen) atoms. The smallest absolute Gasteiger partial charge is 0.331 e. The lowest BCUT2D eigenvalue weighted by molar-refractivity contribution is -0.365. The number of hydrogen-bond acceptors (Lipinski definition) is 21. The fourth-order valence-electron chi connectivity index (χ4n) is 6.34. The van der Waals surface area contributed by atoms with Crippen molar-refractivity contribution in [2.45, 2.75) is 105 Å². The van der Waals surface area contributed by atoms with Gasteiger partial charge in [0, 0.05) is 13.2 Å². The zero-order valence-corrected chi connectivity index (χ0v) is 30.5. The number of phenols is 4. The topological polar surface area (TPSA) is 334 Å². The van der Waals surface area contributed by atoms with Crippen LogP contribution >= 0.6 is 0 Å². The Bertz CT molecular complexity index is 1660. The number of carbonyl (C=O) groups excluding carboxylic acids is 1. The highest BCUT2D eigenvalue weighted by atomic mass is 16.8. The van der Waals surface area contributed by atoms with Crippen molar-refractivity contribution >= 4 is 12.0 Å². The zero-order chi connectivity index (χ0) is 41.7. The average Bonchev–Trinajstić information content (AvgIpc) is 3.19. The zero-order valence-electron chi connectivity index (χ0n) is 30.5. The minimum atomic E-state index is -1.93. The minimum Gasteiger partial charge on any atom is -0.504 e. The Morgan fingerprint density at radius 2 is 1.32 bits per heavy atom. The quantitative estimate of drug-likeness (QED) is 0.0512. The molecule has 16 atom stereocenters. The van der Waals surface area contributed by atoms with Gasteiger partial charge in [-0.3, -0.25) is 0 Å². The molecule has 0 aromatic heterocycles. The van der Waals surface area contributed by atoms with Gasteiger partial charge < -0.3 is 99.2 Å². The third-order valence-corrected chi connectivity index (χ3v) is 9.72. The van der Waals surface area contributed by atoms with Gasteiger partial charge in [-0.05, 0) is 48.4 Å². The SMILES string of the molecule is CO[C@H](CO[C@@H]1O[C@H](CO[C@@H]2O[C@H](CO)[C@@H](O)[C@H](O)[C@H]2O)[C@@H](OC(=O)/C=C/c2ccc(O)c(O)c2)[C@H](O[C@@H]2O[C@@H](C)[C@H](O)[C@@H](O)[C@H]2O)[C@H]1O)c1ccc(O)c(O)c1. The number of methoxy groups -OCH3 is 1. The molecule has 2 aromatic carbocycles. The molecule has 12 N–H and O–H groups in total. The summed E-state index contributed by atoms with van der Waals surface area (Å²) in [6, 6.07) is 7.53. The molecule has 5 rings (SSSR count). The summed E-state index contributed by atoms with van der Waals surface area (Å²) in [7, 11) is 1.31. The van der Waals surface area contributed by atoms with Crippen LogP contribution in [0, 0.1) is 0 Å². The molecule has 2 aromatic rings. The number of aliphatic hydroxyl groups excluding tert-OH is 8. The second-order valence-corrected chi connectivity index (χ2v) is 13.6. The first kappa shape index (κ1) is 44.4. The molecule has 0 radical (unpaired) electrons. The Hall–Kier alpha value is -3.75. The molecule has 21 nitrogen and oxygen atoms in total. The highest BCUT2D eigenvalue weighted by Gasteiger charge is 2.53. The first-order valence-electron chi connectivity index (χ1n) is 17.7. The van der Waals surface area contributed by atoms with Crippen LogP contribution in [0.4, 0.5) is 0 Å². The Balaban J connectivity index is 1.47. The van der Waals surface area contributed by atoms with E-state index in [4.69, 9.17) is 37.9 Å². The van der Waals surface area contributed by atoms with Gasteiger partial charge in [-0.2, -0.15) is 0 Å². The third kappa shape index (κ3) is 10.3. The Labute approximate surface area is 324 Å². The highest BCUT2D eigenvalue weighted by molar-refractivity contribution is 5.87. The summed E-state index contributed by atoms with van der Waals surface area (Å²) in [6.07, 6.45) is -24.2. The molecule has 21 heteroatoms. The van der Waals surface area contributed by atoms with E-state index < -0.39 is 147 Å². The number of hydrogen-bond donors (Lipinski definition) is 12. The molecular weight excluding hydrogens is 768 g/mol. The summed E-state index contributed by atoms with van der Waals surface area (Å²) in [5, 5.41) is 123. The molecule has 0 aliphatic carbocycles. The van der Waals surface area contributed by atoms with Crippen LogP contribution in [0.5, 0.6) is 23.0 Å². The number of ether oxygens (including phenoxy) is 8. The van der Waals surface area contributed by atoms with Gasteiger partial charge in [-0.15, -0.1) is 0 Å². The maximum atomic E-state index is 13.4. The summed E-state index contributed by atoms with van der Waals surface area (Å²) in [4.78, 5) is 13.4. The van der Waals surface area contributed by atoms with Crippen molar-refractivity contribution in [3.05, 3.63) is 53.6 Å². The number of rotatable bonds is 14. The predicted molar refractivity (Wildman–Crippen MR) is 186 cm³/mol. The van der Waals surface area contributed by atoms with Gasteiger partial charge in [0.05, 0.1) is 25.9 Å². The first-order valence-corrected chi connectivity index (χ1v) is 17.7. The molecular formula is C36H48O21. The maximum Gasteiger partial charge on any atom is 0.331 e. The molecule has 3 heterocycles. The number of esters is 1. The van der Waals surface area contributed by atoms with Gasteiger partial charge in [-0.25, -0.2) is 4.79 Å². The van der Waals surface area contributed by atoms with Crippen molar-refractivity contribution in [1.82, 2.24) is 0 Å². The van der Waals surface area contributed by atoms with Crippen LogP contribution in [0.3, 0.4) is 0 Å². The number of carbonyl (C=O) groups is 1. The molecule has 3 aliphatic rings. The minimum absolute atomic E-state index is 0.251. The molecule has 3 fully saturated rings. The van der Waals surface area contributed by atoms with E-state index in [1.54, 1.807) is 0 Å². The van der Waals surface area contributed by atoms with Gasteiger partial charge in [0.1, 0.15) is 67.1 Å². The fraction of sp³-hybridized carbons (Fsp3) is 0.583. The summed E-state index contributed by atoms with van der Waals surface area (Å²) in [5.41, 5.74) is 0.579. The van der Waals surface area contributed by atoms with Crippen LogP contribution in [0.1, 0.15) is 24.2 Å². The van der Waals surface area contributed by atoms with E-state index in [1.165, 1.54) is 50.4 Å². The van der Waals surface area contributed by atoms with E-state index in [2.05, 4.69) is 0 Å². The van der Waals surface area contributed by atoms with Gasteiger partial charge in [0.15, 0.2) is 48.0 Å². The van der Waals surface area contributed by atoms with Crippen molar-refractivity contribution < 1.29 is 104 Å². The summed E-state index contributed by atoms with van der Waals surface area (Å²) < 4.78 is 45.9. The molecule has 3 saturated heterocycles. The number of aliphatic hydroxyl groups is 8. The maximum absolute atomic E-state index is 13.4. The number of benzene rings is 2. The highest BCUT2D eigenvalue weighted by Crippen LogP contribution is 2.34. The van der Waals surface area contributed by atoms with Crippen LogP contribution in [0.15, 0.2) is 42.5 Å². The van der Waals surface area contributed by atoms with Gasteiger partial charge in [0.2, 0.25) is 0 Å². The van der Waals surface area contributed by atoms with Crippen LogP contribution in [-0.2, 0) is 42.7 Å². The Morgan fingerprint density at radius 3 is 1.96 bits per heavy atom. The summed E-state index contributed by atoms with van der Waals surface area (Å²) in [5.74, 6) is -2.87. The molecule has 0 spiro atoms.